The molecule has 1 saturated heterocycles. The smallest absolute Gasteiger partial charge is 0.337 e. The van der Waals surface area contributed by atoms with Crippen LogP contribution in [0.4, 0.5) is 19.3 Å². The Morgan fingerprint density at radius 3 is 2.30 bits per heavy atom. The average molecular weight is 440 g/mol. The molecule has 0 unspecified atom stereocenters. The van der Waals surface area contributed by atoms with Gasteiger partial charge in [0.05, 0.1) is 36.4 Å². The molecule has 0 aliphatic carbocycles. The predicted molar refractivity (Wildman–Crippen MR) is 110 cm³/mol. The lowest BCUT2D eigenvalue weighted by atomic mass is 10.1. The number of rotatable bonds is 4. The Balaban J connectivity index is 1.88. The second-order valence-corrected chi connectivity index (χ2v) is 9.27. The molecule has 0 atom stereocenters. The van der Waals surface area contributed by atoms with Gasteiger partial charge in [0.1, 0.15) is 11.6 Å². The van der Waals surface area contributed by atoms with E-state index in [4.69, 9.17) is 0 Å². The summed E-state index contributed by atoms with van der Waals surface area (Å²) in [5.41, 5.74) is 0.838. The summed E-state index contributed by atoms with van der Waals surface area (Å²) in [6.07, 6.45) is 0. The first-order valence-corrected chi connectivity index (χ1v) is 11.0. The van der Waals surface area contributed by atoms with Gasteiger partial charge in [0.2, 0.25) is 0 Å². The molecule has 1 fully saturated rings. The Bertz CT molecular complexity index is 929. The van der Waals surface area contributed by atoms with Crippen molar-refractivity contribution in [2.45, 2.75) is 6.54 Å². The molecule has 162 valence electrons. The van der Waals surface area contributed by atoms with Crippen LogP contribution in [0.2, 0.25) is 0 Å². The minimum Gasteiger partial charge on any atom is -0.465 e. The third-order valence-corrected chi connectivity index (χ3v) is 6.47. The Morgan fingerprint density at radius 1 is 1.10 bits per heavy atom. The zero-order valence-electron chi connectivity index (χ0n) is 16.3. The molecule has 0 radical (unpaired) electrons. The number of nitrogens with zero attached hydrogens (tertiary/aromatic N) is 2. The zero-order chi connectivity index (χ0) is 21.9. The van der Waals surface area contributed by atoms with E-state index >= 15 is 0 Å². The number of hydrogen-bond acceptors (Lipinski definition) is 5. The summed E-state index contributed by atoms with van der Waals surface area (Å²) < 4.78 is 52.1. The van der Waals surface area contributed by atoms with Crippen LogP contribution in [0.25, 0.3) is 0 Å². The van der Waals surface area contributed by atoms with Gasteiger partial charge in [0.15, 0.2) is 0 Å². The van der Waals surface area contributed by atoms with E-state index in [1.54, 1.807) is 12.1 Å². The summed E-state index contributed by atoms with van der Waals surface area (Å²) in [7, 11) is -1.44. The minimum absolute atomic E-state index is 0.0322. The summed E-state index contributed by atoms with van der Waals surface area (Å²) in [6, 6.07) is 8.69. The summed E-state index contributed by atoms with van der Waals surface area (Å²) in [5, 5.41) is 0. The SMILES string of the molecule is COC(=O)c1ccc(CN(C(=O)N2CCS(O)(O)CC2)c2ccc(F)cc2F)cc1. The van der Waals surface area contributed by atoms with Gasteiger partial charge in [-0.1, -0.05) is 12.1 Å². The van der Waals surface area contributed by atoms with E-state index in [1.165, 1.54) is 35.1 Å². The van der Waals surface area contributed by atoms with Crippen molar-refractivity contribution in [2.24, 2.45) is 0 Å². The molecular formula is C20H22F2N2O5S. The van der Waals surface area contributed by atoms with Gasteiger partial charge in [-0.25, -0.2) is 18.4 Å². The lowest BCUT2D eigenvalue weighted by molar-refractivity contribution is 0.0600. The van der Waals surface area contributed by atoms with Crippen molar-refractivity contribution in [3.05, 3.63) is 65.2 Å². The number of anilines is 1. The Morgan fingerprint density at radius 2 is 1.73 bits per heavy atom. The maximum atomic E-state index is 14.5. The highest BCUT2D eigenvalue weighted by Gasteiger charge is 2.30. The number of carbonyl (C=O) groups is 2. The molecule has 2 N–H and O–H groups in total. The monoisotopic (exact) mass is 440 g/mol. The molecule has 2 amide bonds. The molecule has 2 aromatic carbocycles. The largest absolute Gasteiger partial charge is 0.465 e. The fourth-order valence-electron chi connectivity index (χ4n) is 3.09. The lowest BCUT2D eigenvalue weighted by Crippen LogP contribution is -2.49. The van der Waals surface area contributed by atoms with Gasteiger partial charge in [0.25, 0.3) is 0 Å². The van der Waals surface area contributed by atoms with Crippen LogP contribution in [0.1, 0.15) is 15.9 Å². The van der Waals surface area contributed by atoms with E-state index in [0.717, 1.165) is 6.07 Å². The van der Waals surface area contributed by atoms with Gasteiger partial charge < -0.3 is 9.64 Å². The summed E-state index contributed by atoms with van der Waals surface area (Å²) in [5.74, 6) is -2.07. The zero-order valence-corrected chi connectivity index (χ0v) is 17.1. The Kier molecular flexibility index (Phi) is 6.59. The molecule has 30 heavy (non-hydrogen) atoms. The Hall–Kier alpha value is -2.69. The van der Waals surface area contributed by atoms with Crippen LogP contribution in [0.15, 0.2) is 42.5 Å². The minimum atomic E-state index is -2.71. The van der Waals surface area contributed by atoms with E-state index in [-0.39, 0.29) is 36.8 Å². The number of hydrogen-bond donors (Lipinski definition) is 2. The van der Waals surface area contributed by atoms with Gasteiger partial charge in [-0.3, -0.25) is 14.0 Å². The first kappa shape index (κ1) is 22.0. The molecule has 0 aromatic heterocycles. The highest BCUT2D eigenvalue weighted by atomic mass is 32.3. The average Bonchev–Trinajstić information content (AvgIpc) is 2.72. The van der Waals surface area contributed by atoms with Crippen molar-refractivity contribution in [2.75, 3.05) is 36.6 Å². The maximum absolute atomic E-state index is 14.5. The van der Waals surface area contributed by atoms with Crippen LogP contribution < -0.4 is 4.90 Å². The maximum Gasteiger partial charge on any atom is 0.337 e. The quantitative estimate of drug-likeness (QED) is 0.703. The van der Waals surface area contributed by atoms with Crippen molar-refractivity contribution < 1.29 is 32.2 Å². The number of ether oxygens (including phenoxy) is 1. The summed E-state index contributed by atoms with van der Waals surface area (Å²) in [4.78, 5) is 27.3. The second-order valence-electron chi connectivity index (χ2n) is 6.85. The van der Waals surface area contributed by atoms with Crippen LogP contribution in [0.5, 0.6) is 0 Å². The van der Waals surface area contributed by atoms with E-state index in [2.05, 4.69) is 4.74 Å². The Labute approximate surface area is 174 Å². The molecule has 0 bridgehead atoms. The van der Waals surface area contributed by atoms with Crippen molar-refractivity contribution in [1.82, 2.24) is 4.90 Å². The van der Waals surface area contributed by atoms with E-state index in [1.807, 2.05) is 0 Å². The van der Waals surface area contributed by atoms with Crippen LogP contribution in [-0.4, -0.2) is 57.7 Å². The molecule has 1 aliphatic heterocycles. The first-order valence-electron chi connectivity index (χ1n) is 9.12. The van der Waals surface area contributed by atoms with Crippen molar-refractivity contribution in [3.8, 4) is 0 Å². The van der Waals surface area contributed by atoms with Crippen LogP contribution in [0, 0.1) is 11.6 Å². The molecule has 1 aliphatic rings. The highest BCUT2D eigenvalue weighted by Crippen LogP contribution is 2.40. The number of urea groups is 1. The number of halogens is 2. The molecule has 3 rings (SSSR count). The predicted octanol–water partition coefficient (Wildman–Crippen LogP) is 3.94. The molecule has 10 heteroatoms. The van der Waals surface area contributed by atoms with Gasteiger partial charge in [0, 0.05) is 19.2 Å². The molecule has 0 spiro atoms. The van der Waals surface area contributed by atoms with Crippen molar-refractivity contribution in [1.29, 1.82) is 0 Å². The van der Waals surface area contributed by atoms with Crippen LogP contribution >= 0.6 is 10.6 Å². The van der Waals surface area contributed by atoms with E-state index in [0.29, 0.717) is 17.2 Å². The molecule has 1 heterocycles. The number of carbonyl (C=O) groups excluding carboxylic acids is 2. The van der Waals surface area contributed by atoms with Crippen molar-refractivity contribution in [3.63, 3.8) is 0 Å². The standard InChI is InChI=1S/C20H22F2N2O5S/c1-29-19(25)15-4-2-14(3-5-15)13-24(18-7-6-16(21)12-17(18)22)20(26)23-8-10-30(27,28)11-9-23/h2-7,12,27-28H,8-11,13H2,1H3. The summed E-state index contributed by atoms with van der Waals surface area (Å²) in [6.45, 7) is 0.194. The van der Waals surface area contributed by atoms with Gasteiger partial charge in [-0.2, -0.15) is 10.6 Å². The second kappa shape index (κ2) is 8.99. The first-order chi connectivity index (χ1) is 14.2. The molecule has 7 nitrogen and oxygen atoms in total. The molecule has 0 saturated carbocycles. The normalized spacial score (nSPS) is 16.6. The molecular weight excluding hydrogens is 418 g/mol. The van der Waals surface area contributed by atoms with Crippen molar-refractivity contribution >= 4 is 28.3 Å². The van der Waals surface area contributed by atoms with Crippen LogP contribution in [0.3, 0.4) is 0 Å². The van der Waals surface area contributed by atoms with E-state index < -0.39 is 34.2 Å². The topological polar surface area (TPSA) is 90.3 Å². The van der Waals surface area contributed by atoms with Gasteiger partial charge >= 0.3 is 12.0 Å². The number of esters is 1. The highest BCUT2D eigenvalue weighted by molar-refractivity contribution is 8.24. The van der Waals surface area contributed by atoms with Gasteiger partial charge in [-0.05, 0) is 29.8 Å². The number of amides is 2. The third kappa shape index (κ3) is 5.07. The van der Waals surface area contributed by atoms with Gasteiger partial charge in [-0.15, -0.1) is 0 Å². The summed E-state index contributed by atoms with van der Waals surface area (Å²) >= 11 is 0. The van der Waals surface area contributed by atoms with Crippen LogP contribution in [-0.2, 0) is 11.3 Å². The number of benzene rings is 2. The number of methoxy groups -OCH3 is 1. The fourth-order valence-corrected chi connectivity index (χ4v) is 4.32. The fraction of sp³-hybridized carbons (Fsp3) is 0.300. The molecule has 2 aromatic rings. The lowest BCUT2D eigenvalue weighted by Gasteiger charge is -2.42. The van der Waals surface area contributed by atoms with E-state index in [9.17, 15) is 27.5 Å². The third-order valence-electron chi connectivity index (χ3n) is 4.79.